The smallest absolute Gasteiger partial charge is 0.159 e. The Kier molecular flexibility index (Phi) is 5.70. The molecule has 3 heteroatoms. The van der Waals surface area contributed by atoms with Crippen LogP contribution in [0.5, 0.6) is 0 Å². The van der Waals surface area contributed by atoms with E-state index in [9.17, 15) is 0 Å². The monoisotopic (exact) mass is 603 g/mol. The lowest BCUT2D eigenvalue weighted by Gasteiger charge is -2.27. The zero-order chi connectivity index (χ0) is 30.9. The second kappa shape index (κ2) is 10.2. The van der Waals surface area contributed by atoms with Crippen molar-refractivity contribution in [1.82, 2.24) is 0 Å². The Hall–Kier alpha value is -6.06. The molecule has 222 valence electrons. The summed E-state index contributed by atoms with van der Waals surface area (Å²) < 4.78 is 13.1. The summed E-state index contributed by atoms with van der Waals surface area (Å²) in [5, 5.41) is 5.85. The summed E-state index contributed by atoms with van der Waals surface area (Å²) in [4.78, 5) is 2.36. The van der Waals surface area contributed by atoms with Crippen LogP contribution in [-0.2, 0) is 12.8 Å². The fraction of sp³-hybridized carbons (Fsp3) is 0.0455. The van der Waals surface area contributed by atoms with E-state index < -0.39 is 0 Å². The number of anilines is 3. The third-order valence-electron chi connectivity index (χ3n) is 9.79. The topological polar surface area (TPSA) is 29.5 Å². The molecule has 0 amide bonds. The maximum Gasteiger partial charge on any atom is 0.159 e. The van der Waals surface area contributed by atoms with Crippen molar-refractivity contribution in [3.05, 3.63) is 163 Å². The second-order valence-corrected chi connectivity index (χ2v) is 12.4. The molecule has 0 N–H and O–H groups in total. The van der Waals surface area contributed by atoms with Crippen molar-refractivity contribution in [3.63, 3.8) is 0 Å². The van der Waals surface area contributed by atoms with Gasteiger partial charge in [0.25, 0.3) is 0 Å². The first-order valence-electron chi connectivity index (χ1n) is 16.2. The molecule has 0 atom stereocenters. The summed E-state index contributed by atoms with van der Waals surface area (Å²) in [5.74, 6) is 1.00. The molecule has 3 nitrogen and oxygen atoms in total. The maximum absolute atomic E-state index is 6.91. The number of rotatable bonds is 4. The molecule has 0 saturated carbocycles. The van der Waals surface area contributed by atoms with Gasteiger partial charge in [-0.2, -0.15) is 0 Å². The first-order chi connectivity index (χ1) is 23.3. The second-order valence-electron chi connectivity index (χ2n) is 12.4. The molecular formula is C44H29NO2. The largest absolute Gasteiger partial charge is 0.456 e. The van der Waals surface area contributed by atoms with Gasteiger partial charge in [0.1, 0.15) is 16.9 Å². The molecular weight excluding hydrogens is 574 g/mol. The Labute approximate surface area is 271 Å². The van der Waals surface area contributed by atoms with Crippen LogP contribution >= 0.6 is 0 Å². The van der Waals surface area contributed by atoms with Crippen molar-refractivity contribution < 1.29 is 8.83 Å². The first-order valence-corrected chi connectivity index (χ1v) is 16.2. The molecule has 47 heavy (non-hydrogen) atoms. The van der Waals surface area contributed by atoms with Crippen LogP contribution in [0.3, 0.4) is 0 Å². The molecule has 1 aliphatic carbocycles. The third kappa shape index (κ3) is 4.00. The van der Waals surface area contributed by atoms with Gasteiger partial charge in [-0.3, -0.25) is 0 Å². The van der Waals surface area contributed by atoms with E-state index in [4.69, 9.17) is 8.83 Å². The number of furan rings is 2. The third-order valence-corrected chi connectivity index (χ3v) is 9.79. The van der Waals surface area contributed by atoms with Crippen LogP contribution in [0, 0.1) is 0 Å². The van der Waals surface area contributed by atoms with Gasteiger partial charge in [0.05, 0.1) is 11.4 Å². The Morgan fingerprint density at radius 3 is 2.09 bits per heavy atom. The molecule has 0 spiro atoms. The average molecular weight is 604 g/mol. The van der Waals surface area contributed by atoms with Gasteiger partial charge in [-0.1, -0.05) is 115 Å². The van der Waals surface area contributed by atoms with Gasteiger partial charge in [-0.15, -0.1) is 0 Å². The number of aryl methyl sites for hydroxylation is 2. The predicted molar refractivity (Wildman–Crippen MR) is 194 cm³/mol. The zero-order valence-corrected chi connectivity index (χ0v) is 25.6. The summed E-state index contributed by atoms with van der Waals surface area (Å²) in [5.41, 5.74) is 12.1. The summed E-state index contributed by atoms with van der Waals surface area (Å²) in [6.07, 6.45) is 2.00. The minimum absolute atomic E-state index is 0.903. The van der Waals surface area contributed by atoms with Crippen molar-refractivity contribution in [2.45, 2.75) is 12.8 Å². The average Bonchev–Trinajstić information content (AvgIpc) is 3.72. The van der Waals surface area contributed by atoms with Gasteiger partial charge < -0.3 is 13.7 Å². The Balaban J connectivity index is 1.18. The van der Waals surface area contributed by atoms with Gasteiger partial charge in [-0.25, -0.2) is 0 Å². The van der Waals surface area contributed by atoms with E-state index in [0.717, 1.165) is 74.3 Å². The van der Waals surface area contributed by atoms with Gasteiger partial charge in [0.2, 0.25) is 0 Å². The normalized spacial score (nSPS) is 12.5. The van der Waals surface area contributed by atoms with Crippen LogP contribution in [0.15, 0.2) is 160 Å². The first kappa shape index (κ1) is 26.2. The van der Waals surface area contributed by atoms with E-state index in [1.807, 2.05) is 12.1 Å². The minimum atomic E-state index is 0.903. The van der Waals surface area contributed by atoms with Crippen molar-refractivity contribution >= 4 is 60.7 Å². The molecule has 9 aromatic rings. The number of hydrogen-bond acceptors (Lipinski definition) is 3. The van der Waals surface area contributed by atoms with E-state index >= 15 is 0 Å². The number of hydrogen-bond donors (Lipinski definition) is 0. The quantitative estimate of drug-likeness (QED) is 0.200. The highest BCUT2D eigenvalue weighted by atomic mass is 16.3. The highest BCUT2D eigenvalue weighted by molar-refractivity contribution is 6.12. The fourth-order valence-electron chi connectivity index (χ4n) is 7.63. The van der Waals surface area contributed by atoms with Crippen LogP contribution in [0.2, 0.25) is 0 Å². The van der Waals surface area contributed by atoms with Crippen molar-refractivity contribution in [2.24, 2.45) is 0 Å². The van der Waals surface area contributed by atoms with Gasteiger partial charge >= 0.3 is 0 Å². The molecule has 0 radical (unpaired) electrons. The van der Waals surface area contributed by atoms with Crippen molar-refractivity contribution in [2.75, 3.05) is 4.90 Å². The summed E-state index contributed by atoms with van der Waals surface area (Å²) in [7, 11) is 0. The van der Waals surface area contributed by atoms with Crippen molar-refractivity contribution in [3.8, 4) is 22.5 Å². The number of nitrogens with zero attached hydrogens (tertiary/aromatic N) is 1. The predicted octanol–water partition coefficient (Wildman–Crippen LogP) is 12.4. The SMILES string of the molecule is c1ccc2c(c1)CCc1c-2oc2c(N(c3ccc(-c4cccc5oc6ccccc6c45)cc3)c3cccc4ccccc34)cccc12. The van der Waals surface area contributed by atoms with Crippen LogP contribution in [-0.4, -0.2) is 0 Å². The highest BCUT2D eigenvalue weighted by Gasteiger charge is 2.26. The standard InChI is InChI=1S/C44H29NO2/c1-3-13-32-28(10-1)12-7-18-38(32)45(39-19-8-17-35-36-27-24-29-11-2-4-14-34(29)43(36)47-44(35)39)31-25-22-30(23-26-31)33-16-9-21-41-42(33)37-15-5-6-20-40(37)46-41/h1-23,25-26H,24,27H2. The molecule has 2 aromatic heterocycles. The Bertz CT molecular complexity index is 2630. The molecule has 10 rings (SSSR count). The van der Waals surface area contributed by atoms with Crippen LogP contribution in [0.1, 0.15) is 11.1 Å². The summed E-state index contributed by atoms with van der Waals surface area (Å²) in [6, 6.07) is 53.9. The molecule has 0 saturated heterocycles. The fourth-order valence-corrected chi connectivity index (χ4v) is 7.63. The lowest BCUT2D eigenvalue weighted by atomic mass is 9.89. The lowest BCUT2D eigenvalue weighted by molar-refractivity contribution is 0.621. The van der Waals surface area contributed by atoms with Crippen molar-refractivity contribution in [1.29, 1.82) is 0 Å². The van der Waals surface area contributed by atoms with Crippen LogP contribution in [0.4, 0.5) is 17.1 Å². The molecule has 0 bridgehead atoms. The molecule has 7 aromatic carbocycles. The van der Waals surface area contributed by atoms with Crippen LogP contribution < -0.4 is 4.90 Å². The van der Waals surface area contributed by atoms with E-state index in [-0.39, 0.29) is 0 Å². The number of fused-ring (bicyclic) bond motifs is 9. The van der Waals surface area contributed by atoms with E-state index in [1.165, 1.54) is 32.8 Å². The van der Waals surface area contributed by atoms with Gasteiger partial charge in [0.15, 0.2) is 5.58 Å². The van der Waals surface area contributed by atoms with E-state index in [0.29, 0.717) is 0 Å². The molecule has 2 heterocycles. The lowest BCUT2D eigenvalue weighted by Crippen LogP contribution is -2.10. The summed E-state index contributed by atoms with van der Waals surface area (Å²) in [6.45, 7) is 0. The highest BCUT2D eigenvalue weighted by Crippen LogP contribution is 2.47. The van der Waals surface area contributed by atoms with E-state index in [1.54, 1.807) is 0 Å². The Morgan fingerprint density at radius 2 is 1.15 bits per heavy atom. The van der Waals surface area contributed by atoms with Gasteiger partial charge in [0, 0.05) is 38.4 Å². The van der Waals surface area contributed by atoms with E-state index in [2.05, 4.69) is 144 Å². The minimum Gasteiger partial charge on any atom is -0.456 e. The molecule has 0 fully saturated rings. The molecule has 1 aliphatic rings. The number of para-hydroxylation sites is 2. The summed E-state index contributed by atoms with van der Waals surface area (Å²) >= 11 is 0. The Morgan fingerprint density at radius 1 is 0.468 bits per heavy atom. The number of benzene rings is 7. The molecule has 0 unspecified atom stereocenters. The zero-order valence-electron chi connectivity index (χ0n) is 25.6. The molecule has 0 aliphatic heterocycles. The van der Waals surface area contributed by atoms with Gasteiger partial charge in [-0.05, 0) is 71.3 Å². The maximum atomic E-state index is 6.91. The van der Waals surface area contributed by atoms with Crippen LogP contribution in [0.25, 0.3) is 66.1 Å².